The number of aliphatic carboxylic acids is 1. The van der Waals surface area contributed by atoms with Crippen LogP contribution in [0, 0.1) is 5.41 Å². The lowest BCUT2D eigenvalue weighted by Crippen LogP contribution is -2.43. The Hall–Kier alpha value is -1.92. The zero-order valence-corrected chi connectivity index (χ0v) is 14.1. The number of nitrogens with one attached hydrogen (secondary N) is 1. The van der Waals surface area contributed by atoms with Gasteiger partial charge < -0.3 is 20.3 Å². The van der Waals surface area contributed by atoms with Crippen LogP contribution in [0.25, 0.3) is 0 Å². The normalized spacial score (nSPS) is 20.9. The molecule has 2 fully saturated rings. The van der Waals surface area contributed by atoms with Crippen LogP contribution in [0.15, 0.2) is 30.3 Å². The lowest BCUT2D eigenvalue weighted by Gasteiger charge is -2.44. The van der Waals surface area contributed by atoms with Gasteiger partial charge in [0.15, 0.2) is 5.79 Å². The van der Waals surface area contributed by atoms with Gasteiger partial charge in [-0.25, -0.2) is 0 Å². The number of rotatable bonds is 3. The summed E-state index contributed by atoms with van der Waals surface area (Å²) < 4.78 is 11.6. The van der Waals surface area contributed by atoms with Crippen molar-refractivity contribution in [2.75, 3.05) is 13.2 Å². The standard InChI is InChI=1S/C16H22N2O2.C2H4O2/c17-14(18)12-15(13-4-2-1-3-5-13)6-8-16(9-7-15)19-10-11-20-16;1-2(3)4/h1-5H,6-12H2,(H3,17,18);1H3,(H,3,4). The molecule has 0 aromatic heterocycles. The summed E-state index contributed by atoms with van der Waals surface area (Å²) in [4.78, 5) is 9.00. The van der Waals surface area contributed by atoms with Gasteiger partial charge in [-0.05, 0) is 18.4 Å². The Labute approximate surface area is 142 Å². The molecule has 1 aromatic rings. The van der Waals surface area contributed by atoms with E-state index in [9.17, 15) is 0 Å². The van der Waals surface area contributed by atoms with E-state index >= 15 is 0 Å². The molecule has 0 amide bonds. The highest BCUT2D eigenvalue weighted by Gasteiger charge is 2.47. The molecule has 1 saturated heterocycles. The molecule has 0 unspecified atom stereocenters. The maximum absolute atomic E-state index is 9.00. The zero-order valence-electron chi connectivity index (χ0n) is 14.1. The summed E-state index contributed by atoms with van der Waals surface area (Å²) in [5, 5.41) is 15.1. The summed E-state index contributed by atoms with van der Waals surface area (Å²) >= 11 is 0. The average molecular weight is 334 g/mol. The highest BCUT2D eigenvalue weighted by molar-refractivity contribution is 5.78. The minimum atomic E-state index is -0.833. The van der Waals surface area contributed by atoms with Crippen LogP contribution < -0.4 is 5.73 Å². The second kappa shape index (κ2) is 7.77. The van der Waals surface area contributed by atoms with E-state index in [0.717, 1.165) is 32.6 Å². The minimum Gasteiger partial charge on any atom is -0.481 e. The molecule has 6 heteroatoms. The number of benzene rings is 1. The monoisotopic (exact) mass is 334 g/mol. The molecule has 4 N–H and O–H groups in total. The summed E-state index contributed by atoms with van der Waals surface area (Å²) in [6, 6.07) is 10.4. The molecule has 0 bridgehead atoms. The van der Waals surface area contributed by atoms with Crippen molar-refractivity contribution in [1.29, 1.82) is 5.41 Å². The second-order valence-electron chi connectivity index (χ2n) is 6.47. The first-order chi connectivity index (χ1) is 11.4. The molecule has 3 rings (SSSR count). The van der Waals surface area contributed by atoms with Gasteiger partial charge in [-0.2, -0.15) is 0 Å². The number of amidine groups is 1. The Balaban J connectivity index is 0.000000471. The van der Waals surface area contributed by atoms with Crippen molar-refractivity contribution in [2.24, 2.45) is 5.73 Å². The summed E-state index contributed by atoms with van der Waals surface area (Å²) in [5.41, 5.74) is 6.96. The fourth-order valence-corrected chi connectivity index (χ4v) is 3.62. The van der Waals surface area contributed by atoms with E-state index in [4.69, 9.17) is 30.5 Å². The minimum absolute atomic E-state index is 0.0341. The number of carboxylic acids is 1. The predicted octanol–water partition coefficient (Wildman–Crippen LogP) is 2.66. The van der Waals surface area contributed by atoms with Crippen molar-refractivity contribution in [1.82, 2.24) is 0 Å². The number of hydrogen-bond acceptors (Lipinski definition) is 4. The predicted molar refractivity (Wildman–Crippen MR) is 91.1 cm³/mol. The Bertz CT molecular complexity index is 554. The van der Waals surface area contributed by atoms with Crippen molar-refractivity contribution in [2.45, 2.75) is 50.2 Å². The second-order valence-corrected chi connectivity index (χ2v) is 6.47. The third kappa shape index (κ3) is 4.55. The Morgan fingerprint density at radius 2 is 1.67 bits per heavy atom. The molecule has 2 aliphatic rings. The van der Waals surface area contributed by atoms with Crippen molar-refractivity contribution in [3.63, 3.8) is 0 Å². The number of nitrogens with two attached hydrogens (primary N) is 1. The molecule has 1 heterocycles. The zero-order chi connectivity index (χ0) is 17.6. The smallest absolute Gasteiger partial charge is 0.300 e. The van der Waals surface area contributed by atoms with Crippen LogP contribution in [-0.2, 0) is 19.7 Å². The number of carbonyl (C=O) groups is 1. The molecule has 1 saturated carbocycles. The SMILES string of the molecule is CC(=O)O.N=C(N)CC1(c2ccccc2)CCC2(CC1)OCCO2. The van der Waals surface area contributed by atoms with Crippen LogP contribution in [-0.4, -0.2) is 35.9 Å². The van der Waals surface area contributed by atoms with Crippen molar-refractivity contribution < 1.29 is 19.4 Å². The molecule has 1 spiro atoms. The largest absolute Gasteiger partial charge is 0.481 e. The lowest BCUT2D eigenvalue weighted by molar-refractivity contribution is -0.184. The Kier molecular flexibility index (Phi) is 5.96. The van der Waals surface area contributed by atoms with E-state index in [2.05, 4.69) is 24.3 Å². The molecule has 6 nitrogen and oxygen atoms in total. The van der Waals surface area contributed by atoms with E-state index in [1.807, 2.05) is 6.07 Å². The molecule has 1 aliphatic carbocycles. The first kappa shape index (κ1) is 18.4. The van der Waals surface area contributed by atoms with Gasteiger partial charge >= 0.3 is 0 Å². The topological polar surface area (TPSA) is 106 Å². The van der Waals surface area contributed by atoms with Gasteiger partial charge in [0.1, 0.15) is 0 Å². The Morgan fingerprint density at radius 3 is 2.12 bits per heavy atom. The van der Waals surface area contributed by atoms with Crippen molar-refractivity contribution >= 4 is 11.8 Å². The molecule has 1 aromatic carbocycles. The van der Waals surface area contributed by atoms with Crippen LogP contribution >= 0.6 is 0 Å². The highest BCUT2D eigenvalue weighted by atomic mass is 16.7. The van der Waals surface area contributed by atoms with E-state index in [1.165, 1.54) is 5.56 Å². The summed E-state index contributed by atoms with van der Waals surface area (Å²) in [6.45, 7) is 2.48. The van der Waals surface area contributed by atoms with Crippen LogP contribution in [0.5, 0.6) is 0 Å². The maximum atomic E-state index is 9.00. The molecule has 0 radical (unpaired) electrons. The van der Waals surface area contributed by atoms with Gasteiger partial charge in [0.05, 0.1) is 19.0 Å². The Morgan fingerprint density at radius 1 is 1.17 bits per heavy atom. The lowest BCUT2D eigenvalue weighted by atomic mass is 9.65. The number of hydrogen-bond donors (Lipinski definition) is 3. The highest BCUT2D eigenvalue weighted by Crippen LogP contribution is 2.48. The first-order valence-electron chi connectivity index (χ1n) is 8.23. The molecular weight excluding hydrogens is 308 g/mol. The quantitative estimate of drug-likeness (QED) is 0.582. The fraction of sp³-hybridized carbons (Fsp3) is 0.556. The van der Waals surface area contributed by atoms with Crippen LogP contribution in [0.4, 0.5) is 0 Å². The molecule has 132 valence electrons. The number of carboxylic acid groups (broad SMARTS) is 1. The first-order valence-corrected chi connectivity index (χ1v) is 8.23. The van der Waals surface area contributed by atoms with Crippen LogP contribution in [0.3, 0.4) is 0 Å². The molecule has 1 aliphatic heterocycles. The molecular formula is C18H26N2O4. The fourth-order valence-electron chi connectivity index (χ4n) is 3.62. The maximum Gasteiger partial charge on any atom is 0.300 e. The van der Waals surface area contributed by atoms with Gasteiger partial charge in [0.2, 0.25) is 0 Å². The van der Waals surface area contributed by atoms with Crippen molar-refractivity contribution in [3.05, 3.63) is 35.9 Å². The van der Waals surface area contributed by atoms with E-state index in [1.54, 1.807) is 0 Å². The van der Waals surface area contributed by atoms with E-state index in [-0.39, 0.29) is 17.0 Å². The average Bonchev–Trinajstić information content (AvgIpc) is 2.99. The molecule has 24 heavy (non-hydrogen) atoms. The van der Waals surface area contributed by atoms with Gasteiger partial charge in [-0.1, -0.05) is 30.3 Å². The third-order valence-electron chi connectivity index (χ3n) is 4.70. The van der Waals surface area contributed by atoms with Crippen LogP contribution in [0.1, 0.15) is 44.6 Å². The van der Waals surface area contributed by atoms with E-state index < -0.39 is 5.97 Å². The van der Waals surface area contributed by atoms with Gasteiger partial charge in [-0.15, -0.1) is 0 Å². The van der Waals surface area contributed by atoms with Gasteiger partial charge in [0.25, 0.3) is 5.97 Å². The van der Waals surface area contributed by atoms with Crippen molar-refractivity contribution in [3.8, 4) is 0 Å². The summed E-state index contributed by atoms with van der Waals surface area (Å²) in [5.74, 6) is -0.937. The molecule has 0 atom stereocenters. The number of ether oxygens (including phenoxy) is 2. The van der Waals surface area contributed by atoms with E-state index in [0.29, 0.717) is 19.6 Å². The third-order valence-corrected chi connectivity index (χ3v) is 4.70. The summed E-state index contributed by atoms with van der Waals surface area (Å²) in [6.07, 6.45) is 4.30. The van der Waals surface area contributed by atoms with Gasteiger partial charge in [-0.3, -0.25) is 10.2 Å². The van der Waals surface area contributed by atoms with Gasteiger partial charge in [0, 0.05) is 31.6 Å². The van der Waals surface area contributed by atoms with Crippen LogP contribution in [0.2, 0.25) is 0 Å². The summed E-state index contributed by atoms with van der Waals surface area (Å²) in [7, 11) is 0.